The Hall–Kier alpha value is -1.57. The van der Waals surface area contributed by atoms with Crippen molar-refractivity contribution < 1.29 is 4.57 Å². The summed E-state index contributed by atoms with van der Waals surface area (Å²) in [5.74, 6) is 1.36. The molecule has 0 N–H and O–H groups in total. The van der Waals surface area contributed by atoms with Gasteiger partial charge in [0.1, 0.15) is 11.4 Å². The predicted octanol–water partition coefficient (Wildman–Crippen LogP) is 4.32. The van der Waals surface area contributed by atoms with Crippen molar-refractivity contribution in [3.8, 4) is 11.4 Å². The maximum Gasteiger partial charge on any atom is 0.289 e. The highest BCUT2D eigenvalue weighted by Crippen LogP contribution is 2.28. The third-order valence-corrected chi connectivity index (χ3v) is 4.64. The van der Waals surface area contributed by atoms with Crippen molar-refractivity contribution in [1.29, 1.82) is 0 Å². The van der Waals surface area contributed by atoms with Gasteiger partial charge in [-0.3, -0.25) is 0 Å². The predicted molar refractivity (Wildman–Crippen MR) is 89.6 cm³/mol. The molecule has 0 fully saturated rings. The Bertz CT molecular complexity index is 640. The van der Waals surface area contributed by atoms with E-state index in [1.807, 2.05) is 0 Å². The van der Waals surface area contributed by atoms with Gasteiger partial charge in [-0.1, -0.05) is 31.0 Å². The lowest BCUT2D eigenvalue weighted by Crippen LogP contribution is -2.33. The molecule has 0 saturated heterocycles. The first-order chi connectivity index (χ1) is 9.88. The lowest BCUT2D eigenvalue weighted by molar-refractivity contribution is -0.665. The van der Waals surface area contributed by atoms with Gasteiger partial charge in [0.2, 0.25) is 0 Å². The van der Waals surface area contributed by atoms with Crippen LogP contribution in [0.3, 0.4) is 0 Å². The number of hydrogen-bond acceptors (Lipinski definition) is 0. The molecule has 1 aromatic heterocycles. The van der Waals surface area contributed by atoms with Crippen LogP contribution in [0.1, 0.15) is 47.8 Å². The zero-order valence-corrected chi connectivity index (χ0v) is 14.7. The molecule has 0 aliphatic heterocycles. The van der Waals surface area contributed by atoms with E-state index in [1.54, 1.807) is 0 Å². The summed E-state index contributed by atoms with van der Waals surface area (Å²) >= 11 is 0. The third kappa shape index (κ3) is 2.76. The van der Waals surface area contributed by atoms with Crippen LogP contribution in [0.4, 0.5) is 0 Å². The SMILES string of the molecule is CCCCn1c(C)c(C)[n+](C)c1-c1c(C)cc(C)cc1C. The molecular formula is C19H29N2+. The van der Waals surface area contributed by atoms with Crippen LogP contribution < -0.4 is 4.57 Å². The monoisotopic (exact) mass is 285 g/mol. The lowest BCUT2D eigenvalue weighted by Gasteiger charge is -2.11. The van der Waals surface area contributed by atoms with Crippen LogP contribution in [0, 0.1) is 34.6 Å². The maximum absolute atomic E-state index is 2.50. The van der Waals surface area contributed by atoms with Crippen molar-refractivity contribution in [3.63, 3.8) is 0 Å². The fourth-order valence-electron chi connectivity index (χ4n) is 3.36. The van der Waals surface area contributed by atoms with Gasteiger partial charge >= 0.3 is 0 Å². The van der Waals surface area contributed by atoms with Gasteiger partial charge in [-0.05, 0) is 38.3 Å². The van der Waals surface area contributed by atoms with E-state index in [1.165, 1.54) is 52.3 Å². The Morgan fingerprint density at radius 1 is 1.00 bits per heavy atom. The maximum atomic E-state index is 2.50. The molecule has 0 radical (unpaired) electrons. The summed E-state index contributed by atoms with van der Waals surface area (Å²) in [5.41, 5.74) is 8.24. The third-order valence-electron chi connectivity index (χ3n) is 4.64. The van der Waals surface area contributed by atoms with E-state index in [9.17, 15) is 0 Å². The van der Waals surface area contributed by atoms with Gasteiger partial charge in [0.15, 0.2) is 0 Å². The molecule has 2 heteroatoms. The minimum absolute atomic E-state index is 1.10. The van der Waals surface area contributed by atoms with Crippen LogP contribution >= 0.6 is 0 Å². The molecule has 0 spiro atoms. The molecular weight excluding hydrogens is 256 g/mol. The summed E-state index contributed by atoms with van der Waals surface area (Å²) in [6.07, 6.45) is 2.46. The molecule has 1 aromatic carbocycles. The summed E-state index contributed by atoms with van der Waals surface area (Å²) < 4.78 is 4.86. The van der Waals surface area contributed by atoms with Gasteiger partial charge in [-0.2, -0.15) is 0 Å². The standard InChI is InChI=1S/C19H29N2/c1-8-9-10-21-17(6)16(5)20(7)19(21)18-14(3)11-13(2)12-15(18)4/h11-12H,8-10H2,1-7H3/q+1. The van der Waals surface area contributed by atoms with Crippen molar-refractivity contribution in [3.05, 3.63) is 40.2 Å². The average molecular weight is 285 g/mol. The first-order valence-electron chi connectivity index (χ1n) is 8.02. The van der Waals surface area contributed by atoms with Crippen LogP contribution in [0.15, 0.2) is 12.1 Å². The Kier molecular flexibility index (Phi) is 4.55. The van der Waals surface area contributed by atoms with Crippen LogP contribution in [0.2, 0.25) is 0 Å². The minimum atomic E-state index is 1.10. The summed E-state index contributed by atoms with van der Waals surface area (Å²) in [6, 6.07) is 4.59. The Morgan fingerprint density at radius 3 is 2.10 bits per heavy atom. The highest BCUT2D eigenvalue weighted by atomic mass is 15.2. The number of aromatic nitrogens is 2. The van der Waals surface area contributed by atoms with E-state index in [0.717, 1.165) is 6.54 Å². The van der Waals surface area contributed by atoms with Gasteiger partial charge in [-0.25, -0.2) is 9.13 Å². The summed E-state index contributed by atoms with van der Waals surface area (Å²) in [6.45, 7) is 14.5. The van der Waals surface area contributed by atoms with Crippen LogP contribution in [-0.2, 0) is 13.6 Å². The zero-order chi connectivity index (χ0) is 15.7. The van der Waals surface area contributed by atoms with E-state index in [4.69, 9.17) is 0 Å². The summed E-state index contributed by atoms with van der Waals surface area (Å²) in [7, 11) is 2.19. The van der Waals surface area contributed by atoms with Crippen molar-refractivity contribution >= 4 is 0 Å². The van der Waals surface area contributed by atoms with Crippen molar-refractivity contribution in [2.45, 2.75) is 60.9 Å². The van der Waals surface area contributed by atoms with Crippen LogP contribution in [0.5, 0.6) is 0 Å². The van der Waals surface area contributed by atoms with Gasteiger partial charge < -0.3 is 0 Å². The quantitative estimate of drug-likeness (QED) is 0.740. The Morgan fingerprint density at radius 2 is 1.57 bits per heavy atom. The first kappa shape index (κ1) is 15.8. The highest BCUT2D eigenvalue weighted by molar-refractivity contribution is 5.64. The molecule has 114 valence electrons. The van der Waals surface area contributed by atoms with E-state index < -0.39 is 0 Å². The smallest absolute Gasteiger partial charge is 0.230 e. The number of rotatable bonds is 4. The van der Waals surface area contributed by atoms with E-state index in [0.29, 0.717) is 0 Å². The average Bonchev–Trinajstić information content (AvgIpc) is 2.61. The van der Waals surface area contributed by atoms with Gasteiger partial charge in [0.25, 0.3) is 5.82 Å². The zero-order valence-electron chi connectivity index (χ0n) is 14.7. The molecule has 2 nitrogen and oxygen atoms in total. The highest BCUT2D eigenvalue weighted by Gasteiger charge is 2.26. The summed E-state index contributed by atoms with van der Waals surface area (Å²) in [5, 5.41) is 0. The van der Waals surface area contributed by atoms with E-state index in [2.05, 4.69) is 69.9 Å². The fraction of sp³-hybridized carbons (Fsp3) is 0.526. The number of unbranched alkanes of at least 4 members (excludes halogenated alkanes) is 1. The van der Waals surface area contributed by atoms with Crippen LogP contribution in [0.25, 0.3) is 11.4 Å². The van der Waals surface area contributed by atoms with Crippen LogP contribution in [-0.4, -0.2) is 4.57 Å². The van der Waals surface area contributed by atoms with Crippen molar-refractivity contribution in [2.24, 2.45) is 7.05 Å². The van der Waals surface area contributed by atoms with E-state index in [-0.39, 0.29) is 0 Å². The second-order valence-corrected chi connectivity index (χ2v) is 6.33. The number of nitrogens with zero attached hydrogens (tertiary/aromatic N) is 2. The number of aryl methyl sites for hydroxylation is 3. The number of benzene rings is 1. The molecule has 0 unspecified atom stereocenters. The van der Waals surface area contributed by atoms with Gasteiger partial charge in [0.05, 0.1) is 19.2 Å². The molecule has 0 aliphatic carbocycles. The normalized spacial score (nSPS) is 11.2. The second-order valence-electron chi connectivity index (χ2n) is 6.33. The Balaban J connectivity index is 2.71. The van der Waals surface area contributed by atoms with Crippen molar-refractivity contribution in [1.82, 2.24) is 4.57 Å². The molecule has 21 heavy (non-hydrogen) atoms. The molecule has 0 amide bonds. The lowest BCUT2D eigenvalue weighted by atomic mass is 9.99. The molecule has 2 aromatic rings. The Labute approximate surface area is 129 Å². The largest absolute Gasteiger partial charge is 0.289 e. The second kappa shape index (κ2) is 6.05. The molecule has 0 bridgehead atoms. The minimum Gasteiger partial charge on any atom is -0.230 e. The molecule has 0 aliphatic rings. The topological polar surface area (TPSA) is 8.81 Å². The fourth-order valence-corrected chi connectivity index (χ4v) is 3.36. The van der Waals surface area contributed by atoms with Crippen molar-refractivity contribution in [2.75, 3.05) is 0 Å². The first-order valence-corrected chi connectivity index (χ1v) is 8.02. The van der Waals surface area contributed by atoms with E-state index >= 15 is 0 Å². The molecule has 1 heterocycles. The number of hydrogen-bond donors (Lipinski definition) is 0. The molecule has 2 rings (SSSR count). The van der Waals surface area contributed by atoms with Gasteiger partial charge in [0, 0.05) is 13.8 Å². The van der Waals surface area contributed by atoms with Gasteiger partial charge in [-0.15, -0.1) is 0 Å². The number of imidazole rings is 1. The molecule has 0 atom stereocenters. The molecule has 0 saturated carbocycles. The summed E-state index contributed by atoms with van der Waals surface area (Å²) in [4.78, 5) is 0.